The first-order valence-electron chi connectivity index (χ1n) is 11.2. The predicted octanol–water partition coefficient (Wildman–Crippen LogP) is 5.53. The van der Waals surface area contributed by atoms with Crippen molar-refractivity contribution < 1.29 is 23.9 Å². The van der Waals surface area contributed by atoms with Crippen LogP contribution in [0.2, 0.25) is 5.02 Å². The average molecular weight is 585 g/mol. The smallest absolute Gasteiger partial charge is 0.329 e. The van der Waals surface area contributed by atoms with Crippen molar-refractivity contribution >= 4 is 57.1 Å². The molecule has 190 valence electrons. The highest BCUT2D eigenvalue weighted by Crippen LogP contribution is 2.38. The third-order valence-electron chi connectivity index (χ3n) is 5.46. The first-order valence-corrected chi connectivity index (χ1v) is 12.4. The van der Waals surface area contributed by atoms with Crippen molar-refractivity contribution in [2.75, 3.05) is 19.0 Å². The molecule has 1 aliphatic rings. The lowest BCUT2D eigenvalue weighted by molar-refractivity contribution is -0.127. The number of hydrogen-bond acceptors (Lipinski definition) is 5. The molecular formula is C27H23BrClN3O5. The van der Waals surface area contributed by atoms with Crippen molar-refractivity contribution in [2.24, 2.45) is 0 Å². The van der Waals surface area contributed by atoms with Gasteiger partial charge >= 0.3 is 6.03 Å². The summed E-state index contributed by atoms with van der Waals surface area (Å²) in [5, 5.41) is 5.80. The fourth-order valence-electron chi connectivity index (χ4n) is 3.68. The van der Waals surface area contributed by atoms with Crippen LogP contribution in [-0.2, 0) is 16.2 Å². The number of imide groups is 1. The van der Waals surface area contributed by atoms with Gasteiger partial charge in [0, 0.05) is 16.3 Å². The molecule has 0 aromatic heterocycles. The van der Waals surface area contributed by atoms with Gasteiger partial charge in [-0.3, -0.25) is 9.59 Å². The molecule has 1 fully saturated rings. The van der Waals surface area contributed by atoms with Crippen LogP contribution in [0, 0.1) is 6.92 Å². The molecule has 0 unspecified atom stereocenters. The molecule has 10 heteroatoms. The first-order chi connectivity index (χ1) is 17.7. The number of urea groups is 1. The molecule has 3 aromatic rings. The minimum Gasteiger partial charge on any atom is -0.493 e. The molecule has 0 radical (unpaired) electrons. The quantitative estimate of drug-likeness (QED) is 0.268. The highest BCUT2D eigenvalue weighted by molar-refractivity contribution is 9.10. The second kappa shape index (κ2) is 11.5. The van der Waals surface area contributed by atoms with E-state index in [1.165, 1.54) is 13.2 Å². The molecule has 1 saturated heterocycles. The van der Waals surface area contributed by atoms with Crippen LogP contribution < -0.4 is 20.1 Å². The number of anilines is 1. The van der Waals surface area contributed by atoms with Gasteiger partial charge in [-0.2, -0.15) is 0 Å². The van der Waals surface area contributed by atoms with E-state index in [1.807, 2.05) is 31.2 Å². The van der Waals surface area contributed by atoms with Crippen LogP contribution in [-0.4, -0.2) is 36.4 Å². The molecule has 0 aliphatic carbocycles. The number of benzene rings is 3. The normalized spacial score (nSPS) is 14.1. The molecule has 3 aromatic carbocycles. The van der Waals surface area contributed by atoms with E-state index in [9.17, 15) is 14.4 Å². The summed E-state index contributed by atoms with van der Waals surface area (Å²) in [6.45, 7) is 1.70. The summed E-state index contributed by atoms with van der Waals surface area (Å²) in [5.41, 5.74) is 2.98. The van der Waals surface area contributed by atoms with Gasteiger partial charge in [0.15, 0.2) is 11.5 Å². The van der Waals surface area contributed by atoms with Crippen LogP contribution in [0.3, 0.4) is 0 Å². The maximum Gasteiger partial charge on any atom is 0.329 e. The lowest BCUT2D eigenvalue weighted by atomic mass is 10.1. The highest BCUT2D eigenvalue weighted by atomic mass is 79.9. The van der Waals surface area contributed by atoms with Gasteiger partial charge in [-0.1, -0.05) is 41.9 Å². The number of hydrogen-bond donors (Lipinski definition) is 2. The molecular weight excluding hydrogens is 562 g/mol. The Morgan fingerprint density at radius 2 is 1.92 bits per heavy atom. The molecule has 2 N–H and O–H groups in total. The number of nitrogens with zero attached hydrogens (tertiary/aromatic N) is 1. The van der Waals surface area contributed by atoms with Gasteiger partial charge in [-0.15, -0.1) is 0 Å². The standard InChI is InChI=1S/C27H23BrClN3O5/c1-16-6-5-8-19(10-16)30-24(33)14-32-26(34)22(31-27(32)35)12-17-11-20(28)25(23(13-17)36-2)37-15-18-7-3-4-9-21(18)29/h3-13H,14-15H2,1-2H3,(H,30,33)(H,31,35)/b22-12-. The van der Waals surface area contributed by atoms with Crippen LogP contribution in [0.15, 0.2) is 70.8 Å². The summed E-state index contributed by atoms with van der Waals surface area (Å²) in [6.07, 6.45) is 1.50. The van der Waals surface area contributed by atoms with E-state index < -0.39 is 24.4 Å². The Morgan fingerprint density at radius 3 is 2.65 bits per heavy atom. The minimum absolute atomic E-state index is 0.0343. The van der Waals surface area contributed by atoms with Crippen LogP contribution in [0.4, 0.5) is 10.5 Å². The maximum atomic E-state index is 12.9. The number of halogens is 2. The second-order valence-electron chi connectivity index (χ2n) is 8.21. The lowest BCUT2D eigenvalue weighted by Gasteiger charge is -2.14. The summed E-state index contributed by atoms with van der Waals surface area (Å²) in [6, 6.07) is 17.3. The number of rotatable bonds is 8. The van der Waals surface area contributed by atoms with E-state index in [4.69, 9.17) is 21.1 Å². The van der Waals surface area contributed by atoms with Gasteiger partial charge in [0.1, 0.15) is 18.8 Å². The van der Waals surface area contributed by atoms with Crippen molar-refractivity contribution in [3.8, 4) is 11.5 Å². The second-order valence-corrected chi connectivity index (χ2v) is 9.47. The third-order valence-corrected chi connectivity index (χ3v) is 6.42. The molecule has 0 atom stereocenters. The van der Waals surface area contributed by atoms with Gasteiger partial charge in [0.05, 0.1) is 11.6 Å². The molecule has 0 bridgehead atoms. The lowest BCUT2D eigenvalue weighted by Crippen LogP contribution is -2.38. The zero-order chi connectivity index (χ0) is 26.5. The van der Waals surface area contributed by atoms with Gasteiger partial charge in [-0.05, 0) is 70.4 Å². The number of carbonyl (C=O) groups is 3. The number of carbonyl (C=O) groups excluding carboxylic acids is 3. The van der Waals surface area contributed by atoms with Gasteiger partial charge in [-0.25, -0.2) is 9.69 Å². The van der Waals surface area contributed by atoms with Gasteiger partial charge < -0.3 is 20.1 Å². The Bertz CT molecular complexity index is 1410. The van der Waals surface area contributed by atoms with Gasteiger partial charge in [0.25, 0.3) is 5.91 Å². The number of amides is 4. The van der Waals surface area contributed by atoms with Crippen molar-refractivity contribution in [1.29, 1.82) is 0 Å². The zero-order valence-corrected chi connectivity index (χ0v) is 22.4. The molecule has 1 heterocycles. The fraction of sp³-hybridized carbons (Fsp3) is 0.148. The third kappa shape index (κ3) is 6.31. The molecule has 0 saturated carbocycles. The molecule has 0 spiro atoms. The topological polar surface area (TPSA) is 97.0 Å². The van der Waals surface area contributed by atoms with E-state index in [-0.39, 0.29) is 12.3 Å². The Labute approximate surface area is 227 Å². The Hall–Kier alpha value is -3.82. The molecule has 4 amide bonds. The Morgan fingerprint density at radius 1 is 1.14 bits per heavy atom. The maximum absolute atomic E-state index is 12.9. The number of methoxy groups -OCH3 is 1. The Balaban J connectivity index is 1.48. The molecule has 4 rings (SSSR count). The number of ether oxygens (including phenoxy) is 2. The van der Waals surface area contributed by atoms with Crippen molar-refractivity contribution in [3.05, 3.63) is 92.5 Å². The van der Waals surface area contributed by atoms with Crippen LogP contribution >= 0.6 is 27.5 Å². The van der Waals surface area contributed by atoms with E-state index >= 15 is 0 Å². The SMILES string of the molecule is COc1cc(/C=C2\NC(=O)N(CC(=O)Nc3cccc(C)c3)C2=O)cc(Br)c1OCc1ccccc1Cl. The minimum atomic E-state index is -0.679. The largest absolute Gasteiger partial charge is 0.493 e. The number of aryl methyl sites for hydroxylation is 1. The number of nitrogens with one attached hydrogen (secondary N) is 2. The molecule has 1 aliphatic heterocycles. The summed E-state index contributed by atoms with van der Waals surface area (Å²) in [5.74, 6) is -0.224. The average Bonchev–Trinajstić information content (AvgIpc) is 3.11. The summed E-state index contributed by atoms with van der Waals surface area (Å²) in [4.78, 5) is 38.6. The fourth-order valence-corrected chi connectivity index (χ4v) is 4.44. The van der Waals surface area contributed by atoms with Crippen molar-refractivity contribution in [1.82, 2.24) is 10.2 Å². The van der Waals surface area contributed by atoms with E-state index in [0.717, 1.165) is 16.0 Å². The van der Waals surface area contributed by atoms with Crippen molar-refractivity contribution in [2.45, 2.75) is 13.5 Å². The zero-order valence-electron chi connectivity index (χ0n) is 20.0. The summed E-state index contributed by atoms with van der Waals surface area (Å²) < 4.78 is 12.0. The van der Waals surface area contributed by atoms with E-state index in [1.54, 1.807) is 36.4 Å². The first kappa shape index (κ1) is 26.2. The van der Waals surface area contributed by atoms with Gasteiger partial charge in [0.2, 0.25) is 5.91 Å². The van der Waals surface area contributed by atoms with Crippen molar-refractivity contribution in [3.63, 3.8) is 0 Å². The predicted molar refractivity (Wildman–Crippen MR) is 145 cm³/mol. The van der Waals surface area contributed by atoms with Crippen LogP contribution in [0.1, 0.15) is 16.7 Å². The molecule has 8 nitrogen and oxygen atoms in total. The summed E-state index contributed by atoms with van der Waals surface area (Å²) >= 11 is 9.70. The van der Waals surface area contributed by atoms with Crippen LogP contribution in [0.25, 0.3) is 6.08 Å². The summed E-state index contributed by atoms with van der Waals surface area (Å²) in [7, 11) is 1.50. The van der Waals surface area contributed by atoms with E-state index in [2.05, 4.69) is 26.6 Å². The monoisotopic (exact) mass is 583 g/mol. The Kier molecular flexibility index (Phi) is 8.15. The molecule has 37 heavy (non-hydrogen) atoms. The van der Waals surface area contributed by atoms with Crippen LogP contribution in [0.5, 0.6) is 11.5 Å². The van der Waals surface area contributed by atoms with E-state index in [0.29, 0.717) is 32.2 Å². The highest BCUT2D eigenvalue weighted by Gasteiger charge is 2.35.